The molecule has 9 heteroatoms. The molecule has 0 spiro atoms. The second-order valence-corrected chi connectivity index (χ2v) is 6.23. The molecule has 0 saturated carbocycles. The zero-order valence-corrected chi connectivity index (χ0v) is 15.0. The maximum Gasteiger partial charge on any atom is 0.311 e. The number of halogens is 1. The number of nitrogens with zero attached hydrogens (tertiary/aromatic N) is 1. The molecule has 26 heavy (non-hydrogen) atoms. The van der Waals surface area contributed by atoms with E-state index in [2.05, 4.69) is 10.6 Å². The van der Waals surface area contributed by atoms with Crippen LogP contribution in [0.15, 0.2) is 24.3 Å². The van der Waals surface area contributed by atoms with Crippen molar-refractivity contribution in [2.45, 2.75) is 13.0 Å². The van der Waals surface area contributed by atoms with Crippen LogP contribution in [0, 0.1) is 5.92 Å². The lowest BCUT2D eigenvalue weighted by atomic mass is 10.1. The minimum Gasteiger partial charge on any atom is -0.455 e. The molecule has 1 heterocycles. The monoisotopic (exact) mass is 381 g/mol. The molecule has 1 aliphatic heterocycles. The minimum absolute atomic E-state index is 0.0309. The Morgan fingerprint density at radius 2 is 2.00 bits per heavy atom. The maximum atomic E-state index is 12.1. The van der Waals surface area contributed by atoms with Crippen LogP contribution in [-0.2, 0) is 30.5 Å². The summed E-state index contributed by atoms with van der Waals surface area (Å²) in [7, 11) is 1.44. The van der Waals surface area contributed by atoms with Gasteiger partial charge in [-0.25, -0.2) is 0 Å². The van der Waals surface area contributed by atoms with Crippen LogP contribution in [0.4, 0.5) is 0 Å². The van der Waals surface area contributed by atoms with Crippen molar-refractivity contribution >= 4 is 35.3 Å². The fourth-order valence-corrected chi connectivity index (χ4v) is 2.68. The number of amides is 3. The summed E-state index contributed by atoms with van der Waals surface area (Å²) in [4.78, 5) is 48.3. The highest BCUT2D eigenvalue weighted by Gasteiger charge is 2.35. The summed E-state index contributed by atoms with van der Waals surface area (Å²) in [6, 6.07) is 7.18. The Bertz CT molecular complexity index is 709. The summed E-state index contributed by atoms with van der Waals surface area (Å²) in [5, 5.41) is 5.22. The summed E-state index contributed by atoms with van der Waals surface area (Å²) in [6.07, 6.45) is 0.0309. The molecule has 0 aliphatic carbocycles. The molecule has 0 bridgehead atoms. The Labute approximate surface area is 155 Å². The van der Waals surface area contributed by atoms with E-state index in [1.54, 1.807) is 17.0 Å². The van der Waals surface area contributed by atoms with Gasteiger partial charge in [0.05, 0.1) is 12.5 Å². The van der Waals surface area contributed by atoms with Gasteiger partial charge < -0.3 is 20.3 Å². The Morgan fingerprint density at radius 1 is 1.27 bits per heavy atom. The standard InChI is InChI=1S/C17H20ClN3O5/c1-19-14(22)7-20-15(23)10-26-17(25)12-6-16(24)21(9-12)8-11-4-2-3-5-13(11)18/h2-5,12H,6-10H2,1H3,(H,19,22)(H,20,23)/t12-/m1/s1. The minimum atomic E-state index is -0.628. The van der Waals surface area contributed by atoms with Gasteiger partial charge in [0.15, 0.2) is 6.61 Å². The Hall–Kier alpha value is -2.61. The van der Waals surface area contributed by atoms with Crippen LogP contribution in [0.1, 0.15) is 12.0 Å². The number of nitrogens with one attached hydrogen (secondary N) is 2. The first-order valence-corrected chi connectivity index (χ1v) is 8.43. The van der Waals surface area contributed by atoms with Crippen molar-refractivity contribution in [3.8, 4) is 0 Å². The van der Waals surface area contributed by atoms with Crippen LogP contribution in [0.25, 0.3) is 0 Å². The first-order chi connectivity index (χ1) is 12.4. The number of carbonyl (C=O) groups excluding carboxylic acids is 4. The van der Waals surface area contributed by atoms with E-state index in [1.165, 1.54) is 7.05 Å². The average molecular weight is 382 g/mol. The van der Waals surface area contributed by atoms with E-state index >= 15 is 0 Å². The molecule has 1 saturated heterocycles. The highest BCUT2D eigenvalue weighted by atomic mass is 35.5. The smallest absolute Gasteiger partial charge is 0.311 e. The van der Waals surface area contributed by atoms with E-state index in [4.69, 9.17) is 16.3 Å². The maximum absolute atomic E-state index is 12.1. The van der Waals surface area contributed by atoms with Crippen LogP contribution in [0.3, 0.4) is 0 Å². The SMILES string of the molecule is CNC(=O)CNC(=O)COC(=O)[C@@H]1CC(=O)N(Cc2ccccc2Cl)C1. The number of rotatable bonds is 7. The van der Waals surface area contributed by atoms with Gasteiger partial charge in [-0.15, -0.1) is 0 Å². The number of likely N-dealkylation sites (tertiary alicyclic amines) is 1. The van der Waals surface area contributed by atoms with Gasteiger partial charge in [0.2, 0.25) is 11.8 Å². The Balaban J connectivity index is 1.80. The van der Waals surface area contributed by atoms with Gasteiger partial charge in [-0.3, -0.25) is 19.2 Å². The third-order valence-corrected chi connectivity index (χ3v) is 4.31. The number of benzene rings is 1. The fourth-order valence-electron chi connectivity index (χ4n) is 2.49. The van der Waals surface area contributed by atoms with Crippen molar-refractivity contribution in [2.24, 2.45) is 5.92 Å². The van der Waals surface area contributed by atoms with Crippen molar-refractivity contribution in [3.63, 3.8) is 0 Å². The lowest BCUT2D eigenvalue weighted by Gasteiger charge is -2.17. The lowest BCUT2D eigenvalue weighted by molar-refractivity contribution is -0.152. The predicted octanol–water partition coefficient (Wildman–Crippen LogP) is 0.0939. The zero-order valence-electron chi connectivity index (χ0n) is 14.3. The van der Waals surface area contributed by atoms with Crippen LogP contribution >= 0.6 is 11.6 Å². The molecule has 0 unspecified atom stereocenters. The topological polar surface area (TPSA) is 105 Å². The van der Waals surface area contributed by atoms with Crippen LogP contribution in [0.5, 0.6) is 0 Å². The van der Waals surface area contributed by atoms with Crippen molar-refractivity contribution in [1.82, 2.24) is 15.5 Å². The molecule has 1 atom stereocenters. The van der Waals surface area contributed by atoms with Crippen molar-refractivity contribution < 1.29 is 23.9 Å². The normalized spacial score (nSPS) is 16.3. The third-order valence-electron chi connectivity index (χ3n) is 3.94. The van der Waals surface area contributed by atoms with Crippen molar-refractivity contribution in [1.29, 1.82) is 0 Å². The number of ether oxygens (including phenoxy) is 1. The van der Waals surface area contributed by atoms with E-state index < -0.39 is 24.4 Å². The second kappa shape index (κ2) is 9.19. The van der Waals surface area contributed by atoms with E-state index in [9.17, 15) is 19.2 Å². The Kier molecular flexibility index (Phi) is 6.97. The summed E-state index contributed by atoms with van der Waals surface area (Å²) < 4.78 is 4.94. The van der Waals surface area contributed by atoms with E-state index in [0.717, 1.165) is 5.56 Å². The Morgan fingerprint density at radius 3 is 2.69 bits per heavy atom. The number of esters is 1. The summed E-state index contributed by atoms with van der Waals surface area (Å²) >= 11 is 6.09. The number of hydrogen-bond donors (Lipinski definition) is 2. The third kappa shape index (κ3) is 5.45. The molecule has 1 aliphatic rings. The second-order valence-electron chi connectivity index (χ2n) is 5.82. The van der Waals surface area contributed by atoms with Crippen LogP contribution < -0.4 is 10.6 Å². The quantitative estimate of drug-likeness (QED) is 0.651. The van der Waals surface area contributed by atoms with Gasteiger partial charge >= 0.3 is 5.97 Å². The summed E-state index contributed by atoms with van der Waals surface area (Å²) in [5.74, 6) is -2.36. The van der Waals surface area contributed by atoms with E-state index in [0.29, 0.717) is 11.6 Å². The number of likely N-dealkylation sites (N-methyl/N-ethyl adjacent to an activating group) is 1. The molecule has 2 N–H and O–H groups in total. The van der Waals surface area contributed by atoms with Crippen LogP contribution in [-0.4, -0.2) is 55.3 Å². The van der Waals surface area contributed by atoms with Gasteiger partial charge in [-0.2, -0.15) is 0 Å². The molecular weight excluding hydrogens is 362 g/mol. The molecular formula is C17H20ClN3O5. The highest BCUT2D eigenvalue weighted by Crippen LogP contribution is 2.24. The van der Waals surface area contributed by atoms with Crippen molar-refractivity contribution in [3.05, 3.63) is 34.9 Å². The fraction of sp³-hybridized carbons (Fsp3) is 0.412. The van der Waals surface area contributed by atoms with Gasteiger partial charge in [-0.1, -0.05) is 29.8 Å². The summed E-state index contributed by atoms with van der Waals surface area (Å²) in [5.41, 5.74) is 0.796. The van der Waals surface area contributed by atoms with Gasteiger partial charge in [0, 0.05) is 31.6 Å². The molecule has 3 amide bonds. The molecule has 1 fully saturated rings. The molecule has 1 aromatic rings. The molecule has 0 aromatic heterocycles. The van der Waals surface area contributed by atoms with Gasteiger partial charge in [0.25, 0.3) is 5.91 Å². The predicted molar refractivity (Wildman–Crippen MR) is 93.0 cm³/mol. The van der Waals surface area contributed by atoms with E-state index in [-0.39, 0.29) is 31.3 Å². The molecule has 0 radical (unpaired) electrons. The number of carbonyl (C=O) groups is 4. The molecule has 8 nitrogen and oxygen atoms in total. The average Bonchev–Trinajstić information content (AvgIpc) is 3.00. The molecule has 140 valence electrons. The highest BCUT2D eigenvalue weighted by molar-refractivity contribution is 6.31. The first kappa shape index (κ1) is 19.7. The van der Waals surface area contributed by atoms with E-state index in [1.807, 2.05) is 12.1 Å². The summed E-state index contributed by atoms with van der Waals surface area (Å²) in [6.45, 7) is -0.164. The molecule has 1 aromatic carbocycles. The zero-order chi connectivity index (χ0) is 19.1. The lowest BCUT2D eigenvalue weighted by Crippen LogP contribution is -2.37. The first-order valence-electron chi connectivity index (χ1n) is 8.05. The largest absolute Gasteiger partial charge is 0.455 e. The van der Waals surface area contributed by atoms with Crippen molar-refractivity contribution in [2.75, 3.05) is 26.7 Å². The molecule has 2 rings (SSSR count). The van der Waals surface area contributed by atoms with Crippen LogP contribution in [0.2, 0.25) is 5.02 Å². The van der Waals surface area contributed by atoms with Gasteiger partial charge in [-0.05, 0) is 11.6 Å². The van der Waals surface area contributed by atoms with Gasteiger partial charge in [0.1, 0.15) is 0 Å². The number of hydrogen-bond acceptors (Lipinski definition) is 5.